The highest BCUT2D eigenvalue weighted by atomic mass is 16.8. The lowest BCUT2D eigenvalue weighted by molar-refractivity contribution is -0.199. The van der Waals surface area contributed by atoms with Crippen LogP contribution >= 0.6 is 0 Å². The molecule has 0 N–H and O–H groups in total. The van der Waals surface area contributed by atoms with E-state index in [0.717, 1.165) is 16.7 Å². The maximum absolute atomic E-state index is 12.9. The fourth-order valence-corrected chi connectivity index (χ4v) is 4.12. The van der Waals surface area contributed by atoms with Crippen LogP contribution in [0.5, 0.6) is 0 Å². The smallest absolute Gasteiger partial charge is 0.338 e. The molecule has 2 heterocycles. The van der Waals surface area contributed by atoms with Crippen LogP contribution in [0.4, 0.5) is 0 Å². The molecule has 6 nitrogen and oxygen atoms in total. The molecule has 3 aromatic rings. The Hall–Kier alpha value is -3.03. The zero-order valence-electron chi connectivity index (χ0n) is 18.1. The maximum Gasteiger partial charge on any atom is 0.338 e. The van der Waals surface area contributed by atoms with Gasteiger partial charge in [0.05, 0.1) is 19.8 Å². The molecule has 170 valence electrons. The number of carbonyl (C=O) groups is 1. The Kier molecular flexibility index (Phi) is 6.79. The number of hydrogen-bond acceptors (Lipinski definition) is 6. The van der Waals surface area contributed by atoms with Gasteiger partial charge in [-0.1, -0.05) is 91.0 Å². The Bertz CT molecular complexity index is 1030. The molecule has 0 radical (unpaired) electrons. The van der Waals surface area contributed by atoms with Crippen LogP contribution in [0.15, 0.2) is 91.0 Å². The fourth-order valence-electron chi connectivity index (χ4n) is 4.12. The molecule has 2 saturated heterocycles. The van der Waals surface area contributed by atoms with Gasteiger partial charge in [0, 0.05) is 5.56 Å². The lowest BCUT2D eigenvalue weighted by Crippen LogP contribution is -2.56. The fraction of sp³-hybridized carbons (Fsp3) is 0.296. The van der Waals surface area contributed by atoms with Crippen LogP contribution in [-0.2, 0) is 41.7 Å². The van der Waals surface area contributed by atoms with Crippen molar-refractivity contribution in [3.05, 3.63) is 108 Å². The minimum Gasteiger partial charge on any atom is -0.455 e. The number of esters is 1. The van der Waals surface area contributed by atoms with Gasteiger partial charge in [0.25, 0.3) is 0 Å². The van der Waals surface area contributed by atoms with Crippen LogP contribution in [0.2, 0.25) is 0 Å². The average Bonchev–Trinajstić information content (AvgIpc) is 3.31. The molecule has 0 bridgehead atoms. The molecule has 0 spiro atoms. The minimum absolute atomic E-state index is 0.206. The molecule has 33 heavy (non-hydrogen) atoms. The first-order valence-electron chi connectivity index (χ1n) is 11.1. The number of benzene rings is 3. The Morgan fingerprint density at radius 3 is 1.94 bits per heavy atom. The van der Waals surface area contributed by atoms with Gasteiger partial charge in [0.1, 0.15) is 12.2 Å². The molecule has 2 aliphatic heterocycles. The van der Waals surface area contributed by atoms with Gasteiger partial charge in [0.15, 0.2) is 18.5 Å². The van der Waals surface area contributed by atoms with Crippen molar-refractivity contribution < 1.29 is 28.5 Å². The Morgan fingerprint density at radius 2 is 1.27 bits per heavy atom. The quantitative estimate of drug-likeness (QED) is 0.484. The van der Waals surface area contributed by atoms with E-state index in [4.69, 9.17) is 23.7 Å². The molecular weight excluding hydrogens is 420 g/mol. The van der Waals surface area contributed by atoms with Crippen LogP contribution in [0, 0.1) is 0 Å². The van der Waals surface area contributed by atoms with E-state index in [2.05, 4.69) is 0 Å². The minimum atomic E-state index is -0.880. The van der Waals surface area contributed by atoms with Crippen molar-refractivity contribution in [2.24, 2.45) is 0 Å². The lowest BCUT2D eigenvalue weighted by Gasteiger charge is -2.35. The highest BCUT2D eigenvalue weighted by molar-refractivity contribution is 5.77. The van der Waals surface area contributed by atoms with Gasteiger partial charge in [-0.05, 0) is 11.1 Å². The summed E-state index contributed by atoms with van der Waals surface area (Å²) >= 11 is 0. The van der Waals surface area contributed by atoms with Gasteiger partial charge in [-0.25, -0.2) is 4.79 Å². The van der Waals surface area contributed by atoms with Crippen molar-refractivity contribution in [1.82, 2.24) is 0 Å². The van der Waals surface area contributed by atoms with Crippen molar-refractivity contribution >= 4 is 5.97 Å². The predicted octanol–water partition coefficient (Wildman–Crippen LogP) is 4.20. The Morgan fingerprint density at radius 1 is 0.697 bits per heavy atom. The molecule has 3 aromatic carbocycles. The molecule has 2 fully saturated rings. The van der Waals surface area contributed by atoms with E-state index >= 15 is 0 Å². The maximum atomic E-state index is 12.9. The van der Waals surface area contributed by atoms with Crippen LogP contribution in [0.1, 0.15) is 23.0 Å². The highest BCUT2D eigenvalue weighted by Crippen LogP contribution is 2.39. The van der Waals surface area contributed by atoms with Gasteiger partial charge < -0.3 is 23.7 Å². The zero-order chi connectivity index (χ0) is 22.5. The number of ether oxygens (including phenoxy) is 5. The molecule has 0 aliphatic carbocycles. The molecule has 6 heteroatoms. The summed E-state index contributed by atoms with van der Waals surface area (Å²) in [6.07, 6.45) is -3.16. The summed E-state index contributed by atoms with van der Waals surface area (Å²) in [6, 6.07) is 29.2. The SMILES string of the molecule is O=C1O[C@H](COCc2ccccc2)[C@@H]2O[C@H](c3ccccc3)O[C@@H]2[C@H]1OCc1ccccc1. The van der Waals surface area contributed by atoms with E-state index in [1.807, 2.05) is 91.0 Å². The second kappa shape index (κ2) is 10.3. The molecular formula is C27H26O6. The lowest BCUT2D eigenvalue weighted by atomic mass is 10.00. The zero-order valence-corrected chi connectivity index (χ0v) is 18.1. The summed E-state index contributed by atoms with van der Waals surface area (Å²) in [5.74, 6) is -0.460. The largest absolute Gasteiger partial charge is 0.455 e. The van der Waals surface area contributed by atoms with E-state index in [1.54, 1.807) is 0 Å². The average molecular weight is 446 g/mol. The van der Waals surface area contributed by atoms with Crippen LogP contribution in [0.25, 0.3) is 0 Å². The molecule has 0 amide bonds. The van der Waals surface area contributed by atoms with Crippen molar-refractivity contribution in [3.8, 4) is 0 Å². The second-order valence-corrected chi connectivity index (χ2v) is 8.14. The van der Waals surface area contributed by atoms with Gasteiger partial charge in [-0.2, -0.15) is 0 Å². The summed E-state index contributed by atoms with van der Waals surface area (Å²) in [5.41, 5.74) is 2.89. The highest BCUT2D eigenvalue weighted by Gasteiger charge is 2.54. The van der Waals surface area contributed by atoms with Crippen molar-refractivity contribution in [2.45, 2.75) is 43.9 Å². The van der Waals surface area contributed by atoms with Crippen molar-refractivity contribution in [3.63, 3.8) is 0 Å². The monoisotopic (exact) mass is 446 g/mol. The molecule has 5 atom stereocenters. The van der Waals surface area contributed by atoms with Crippen LogP contribution in [-0.4, -0.2) is 37.0 Å². The summed E-state index contributed by atoms with van der Waals surface area (Å²) < 4.78 is 30.0. The summed E-state index contributed by atoms with van der Waals surface area (Å²) in [6.45, 7) is 0.902. The van der Waals surface area contributed by atoms with Gasteiger partial charge >= 0.3 is 5.97 Å². The number of hydrogen-bond donors (Lipinski definition) is 0. The number of fused-ring (bicyclic) bond motifs is 1. The van der Waals surface area contributed by atoms with Crippen LogP contribution < -0.4 is 0 Å². The van der Waals surface area contributed by atoms with E-state index in [-0.39, 0.29) is 13.2 Å². The summed E-state index contributed by atoms with van der Waals surface area (Å²) in [4.78, 5) is 12.9. The van der Waals surface area contributed by atoms with Crippen molar-refractivity contribution in [2.75, 3.05) is 6.61 Å². The standard InChI is InChI=1S/C27H26O6/c28-26-25(30-17-20-12-6-2-7-13-20)24-23(32-27(33-24)21-14-8-3-9-15-21)22(31-26)18-29-16-19-10-4-1-5-11-19/h1-15,22-25,27H,16-18H2/t22-,23+,24+,25-,27+/m1/s1. The number of carbonyl (C=O) groups excluding carboxylic acids is 1. The first-order valence-corrected chi connectivity index (χ1v) is 11.1. The number of rotatable bonds is 8. The second-order valence-electron chi connectivity index (χ2n) is 8.14. The Labute approximate surface area is 193 Å². The van der Waals surface area contributed by atoms with Crippen LogP contribution in [0.3, 0.4) is 0 Å². The first kappa shape index (κ1) is 21.8. The third-order valence-electron chi connectivity index (χ3n) is 5.79. The van der Waals surface area contributed by atoms with E-state index in [1.165, 1.54) is 0 Å². The molecule has 0 saturated carbocycles. The summed E-state index contributed by atoms with van der Waals surface area (Å²) in [5, 5.41) is 0. The number of cyclic esters (lactones) is 1. The van der Waals surface area contributed by atoms with Gasteiger partial charge in [-0.3, -0.25) is 0 Å². The summed E-state index contributed by atoms with van der Waals surface area (Å²) in [7, 11) is 0. The third kappa shape index (κ3) is 5.15. The predicted molar refractivity (Wildman–Crippen MR) is 120 cm³/mol. The molecule has 0 unspecified atom stereocenters. The third-order valence-corrected chi connectivity index (χ3v) is 5.79. The molecule has 2 aliphatic rings. The normalized spacial score (nSPS) is 26.5. The topological polar surface area (TPSA) is 63.2 Å². The Balaban J connectivity index is 1.29. The molecule has 0 aromatic heterocycles. The first-order chi connectivity index (χ1) is 16.3. The van der Waals surface area contributed by atoms with E-state index in [9.17, 15) is 4.79 Å². The van der Waals surface area contributed by atoms with Gasteiger partial charge in [0.2, 0.25) is 0 Å². The molecule has 5 rings (SSSR count). The van der Waals surface area contributed by atoms with Crippen molar-refractivity contribution in [1.29, 1.82) is 0 Å². The van der Waals surface area contributed by atoms with E-state index < -0.39 is 36.7 Å². The van der Waals surface area contributed by atoms with E-state index in [0.29, 0.717) is 6.61 Å². The van der Waals surface area contributed by atoms with Gasteiger partial charge in [-0.15, -0.1) is 0 Å².